The summed E-state index contributed by atoms with van der Waals surface area (Å²) in [5.41, 5.74) is 1.18. The van der Waals surface area contributed by atoms with Crippen LogP contribution < -0.4 is 0 Å². The molecule has 2 atom stereocenters. The van der Waals surface area contributed by atoms with Crippen LogP contribution in [0.1, 0.15) is 37.9 Å². The zero-order chi connectivity index (χ0) is 13.2. The first kappa shape index (κ1) is 12.7. The third-order valence-electron chi connectivity index (χ3n) is 4.10. The predicted molar refractivity (Wildman–Crippen MR) is 73.7 cm³/mol. The minimum Gasteiger partial charge on any atom is -0.366 e. The Morgan fingerprint density at radius 3 is 2.63 bits per heavy atom. The van der Waals surface area contributed by atoms with Gasteiger partial charge in [-0.05, 0) is 24.3 Å². The van der Waals surface area contributed by atoms with Gasteiger partial charge in [-0.15, -0.1) is 0 Å². The minimum absolute atomic E-state index is 0.0380. The smallest absolute Gasteiger partial charge is 0.222 e. The van der Waals surface area contributed by atoms with Crippen molar-refractivity contribution in [2.45, 2.75) is 38.4 Å². The van der Waals surface area contributed by atoms with Crippen molar-refractivity contribution >= 4 is 5.91 Å². The second kappa shape index (κ2) is 5.33. The highest BCUT2D eigenvalue weighted by Crippen LogP contribution is 2.39. The van der Waals surface area contributed by atoms with Gasteiger partial charge in [0.15, 0.2) is 0 Å². The number of hydrogen-bond acceptors (Lipinski definition) is 2. The van der Waals surface area contributed by atoms with Crippen LogP contribution in [-0.2, 0) is 9.53 Å². The van der Waals surface area contributed by atoms with Gasteiger partial charge in [0, 0.05) is 13.0 Å². The fourth-order valence-electron chi connectivity index (χ4n) is 2.80. The Morgan fingerprint density at radius 1 is 1.26 bits per heavy atom. The van der Waals surface area contributed by atoms with Crippen molar-refractivity contribution in [3.8, 4) is 0 Å². The molecule has 3 heteroatoms. The number of amides is 1. The summed E-state index contributed by atoms with van der Waals surface area (Å²) in [6.07, 6.45) is 3.35. The normalized spacial score (nSPS) is 27.3. The summed E-state index contributed by atoms with van der Waals surface area (Å²) in [5, 5.41) is 0. The Kier molecular flexibility index (Phi) is 3.56. The number of hydrogen-bond donors (Lipinski definition) is 0. The molecule has 1 saturated heterocycles. The van der Waals surface area contributed by atoms with Crippen molar-refractivity contribution in [1.82, 2.24) is 4.90 Å². The Balaban J connectivity index is 1.77. The number of ether oxygens (including phenoxy) is 1. The van der Waals surface area contributed by atoms with Gasteiger partial charge in [-0.2, -0.15) is 0 Å². The highest BCUT2D eigenvalue weighted by molar-refractivity contribution is 5.76. The molecule has 3 rings (SSSR count). The molecule has 2 aliphatic rings. The maximum Gasteiger partial charge on any atom is 0.222 e. The van der Waals surface area contributed by atoms with E-state index in [1.165, 1.54) is 18.4 Å². The highest BCUT2D eigenvalue weighted by Gasteiger charge is 2.39. The van der Waals surface area contributed by atoms with E-state index in [0.29, 0.717) is 18.9 Å². The molecule has 1 aliphatic carbocycles. The fraction of sp³-hybridized carbons (Fsp3) is 0.562. The molecular formula is C16H21NO2. The fourth-order valence-corrected chi connectivity index (χ4v) is 2.80. The Morgan fingerprint density at radius 2 is 2.00 bits per heavy atom. The molecule has 1 amide bonds. The summed E-state index contributed by atoms with van der Waals surface area (Å²) in [5.74, 6) is 0.911. The van der Waals surface area contributed by atoms with Crippen molar-refractivity contribution in [1.29, 1.82) is 0 Å². The molecule has 0 bridgehead atoms. The Bertz CT molecular complexity index is 441. The lowest BCUT2D eigenvalue weighted by Crippen LogP contribution is -2.47. The first-order valence-electron chi connectivity index (χ1n) is 7.26. The van der Waals surface area contributed by atoms with Crippen molar-refractivity contribution in [3.05, 3.63) is 35.9 Å². The van der Waals surface area contributed by atoms with Gasteiger partial charge in [0.25, 0.3) is 0 Å². The SMILES string of the molecule is CCC(=O)N1C[C@@H](c2ccccc2)O[C@@H](C2CC2)C1. The average Bonchev–Trinajstić information content (AvgIpc) is 3.31. The molecular weight excluding hydrogens is 238 g/mol. The van der Waals surface area contributed by atoms with E-state index in [-0.39, 0.29) is 18.1 Å². The third kappa shape index (κ3) is 2.81. The summed E-state index contributed by atoms with van der Waals surface area (Å²) in [7, 11) is 0. The molecule has 0 unspecified atom stereocenters. The molecule has 3 nitrogen and oxygen atoms in total. The molecule has 0 spiro atoms. The van der Waals surface area contributed by atoms with Crippen LogP contribution in [0.25, 0.3) is 0 Å². The van der Waals surface area contributed by atoms with E-state index in [2.05, 4.69) is 12.1 Å². The molecule has 0 radical (unpaired) electrons. The van der Waals surface area contributed by atoms with E-state index in [1.807, 2.05) is 30.0 Å². The van der Waals surface area contributed by atoms with Gasteiger partial charge in [-0.3, -0.25) is 4.79 Å². The van der Waals surface area contributed by atoms with Crippen LogP contribution >= 0.6 is 0 Å². The number of morpholine rings is 1. The topological polar surface area (TPSA) is 29.5 Å². The maximum absolute atomic E-state index is 12.0. The van der Waals surface area contributed by atoms with Crippen molar-refractivity contribution in [2.24, 2.45) is 5.92 Å². The molecule has 1 aliphatic heterocycles. The third-order valence-corrected chi connectivity index (χ3v) is 4.10. The van der Waals surface area contributed by atoms with Crippen LogP contribution in [0, 0.1) is 5.92 Å². The molecule has 2 fully saturated rings. The molecule has 0 N–H and O–H groups in total. The molecule has 1 heterocycles. The van der Waals surface area contributed by atoms with Crippen LogP contribution in [-0.4, -0.2) is 30.0 Å². The van der Waals surface area contributed by atoms with Gasteiger partial charge < -0.3 is 9.64 Å². The van der Waals surface area contributed by atoms with E-state index in [1.54, 1.807) is 0 Å². The minimum atomic E-state index is 0.0380. The van der Waals surface area contributed by atoms with Crippen LogP contribution in [0.15, 0.2) is 30.3 Å². The Hall–Kier alpha value is -1.35. The maximum atomic E-state index is 12.0. The number of benzene rings is 1. The second-order valence-electron chi connectivity index (χ2n) is 5.56. The first-order valence-corrected chi connectivity index (χ1v) is 7.26. The van der Waals surface area contributed by atoms with E-state index in [9.17, 15) is 4.79 Å². The first-order chi connectivity index (χ1) is 9.28. The van der Waals surface area contributed by atoms with Gasteiger partial charge in [0.2, 0.25) is 5.91 Å². The predicted octanol–water partition coefficient (Wildman–Crippen LogP) is 2.78. The second-order valence-corrected chi connectivity index (χ2v) is 5.56. The van der Waals surface area contributed by atoms with Crippen molar-refractivity contribution in [2.75, 3.05) is 13.1 Å². The van der Waals surface area contributed by atoms with Crippen LogP contribution in [0.5, 0.6) is 0 Å². The van der Waals surface area contributed by atoms with E-state index < -0.39 is 0 Å². The van der Waals surface area contributed by atoms with Gasteiger partial charge in [-0.1, -0.05) is 37.3 Å². The van der Waals surface area contributed by atoms with Gasteiger partial charge in [0.05, 0.1) is 12.6 Å². The van der Waals surface area contributed by atoms with E-state index in [4.69, 9.17) is 4.74 Å². The summed E-state index contributed by atoms with van der Waals surface area (Å²) in [6.45, 7) is 3.40. The number of nitrogens with zero attached hydrogens (tertiary/aromatic N) is 1. The Labute approximate surface area is 114 Å². The quantitative estimate of drug-likeness (QED) is 0.835. The molecule has 0 aromatic heterocycles. The molecule has 19 heavy (non-hydrogen) atoms. The van der Waals surface area contributed by atoms with E-state index in [0.717, 1.165) is 6.54 Å². The molecule has 102 valence electrons. The van der Waals surface area contributed by atoms with Crippen LogP contribution in [0.4, 0.5) is 0 Å². The van der Waals surface area contributed by atoms with Gasteiger partial charge >= 0.3 is 0 Å². The van der Waals surface area contributed by atoms with Crippen molar-refractivity contribution < 1.29 is 9.53 Å². The number of carbonyl (C=O) groups is 1. The largest absolute Gasteiger partial charge is 0.366 e. The van der Waals surface area contributed by atoms with E-state index >= 15 is 0 Å². The van der Waals surface area contributed by atoms with Crippen LogP contribution in [0.3, 0.4) is 0 Å². The van der Waals surface area contributed by atoms with Crippen LogP contribution in [0.2, 0.25) is 0 Å². The zero-order valence-corrected chi connectivity index (χ0v) is 11.4. The monoisotopic (exact) mass is 259 g/mol. The summed E-state index contributed by atoms with van der Waals surface area (Å²) < 4.78 is 6.23. The lowest BCUT2D eigenvalue weighted by atomic mass is 10.0. The van der Waals surface area contributed by atoms with Crippen molar-refractivity contribution in [3.63, 3.8) is 0 Å². The lowest BCUT2D eigenvalue weighted by Gasteiger charge is -2.38. The summed E-state index contributed by atoms with van der Waals surface area (Å²) in [4.78, 5) is 14.0. The van der Waals surface area contributed by atoms with Gasteiger partial charge in [-0.25, -0.2) is 0 Å². The molecule has 1 aromatic carbocycles. The highest BCUT2D eigenvalue weighted by atomic mass is 16.5. The summed E-state index contributed by atoms with van der Waals surface area (Å²) in [6, 6.07) is 10.3. The molecule has 1 saturated carbocycles. The lowest BCUT2D eigenvalue weighted by molar-refractivity contribution is -0.147. The number of rotatable bonds is 3. The number of carbonyl (C=O) groups excluding carboxylic acids is 1. The van der Waals surface area contributed by atoms with Gasteiger partial charge in [0.1, 0.15) is 6.10 Å². The standard InChI is InChI=1S/C16H21NO2/c1-2-16(18)17-10-14(12-6-4-3-5-7-12)19-15(11-17)13-8-9-13/h3-7,13-15H,2,8-11H2,1H3/t14-,15+/m0/s1. The average molecular weight is 259 g/mol. The zero-order valence-electron chi connectivity index (χ0n) is 11.4. The molecule has 1 aromatic rings. The summed E-state index contributed by atoms with van der Waals surface area (Å²) >= 11 is 0.